The van der Waals surface area contributed by atoms with Crippen LogP contribution in [0, 0.1) is 0 Å². The van der Waals surface area contributed by atoms with Crippen LogP contribution in [0.3, 0.4) is 0 Å². The summed E-state index contributed by atoms with van der Waals surface area (Å²) in [5, 5.41) is 2.13. The zero-order valence-corrected chi connectivity index (χ0v) is 11.3. The number of halogens is 1. The summed E-state index contributed by atoms with van der Waals surface area (Å²) in [6.45, 7) is 0.708. The summed E-state index contributed by atoms with van der Waals surface area (Å²) >= 11 is 6.46. The Kier molecular flexibility index (Phi) is 3.84. The predicted octanol–water partition coefficient (Wildman–Crippen LogP) is 1.79. The van der Waals surface area contributed by atoms with Crippen molar-refractivity contribution in [1.82, 2.24) is 15.4 Å². The molecule has 1 aliphatic carbocycles. The molecule has 2 heterocycles. The second-order valence-electron chi connectivity index (χ2n) is 4.86. The number of nitrogens with one attached hydrogen (secondary N) is 1. The minimum Gasteiger partial charge on any atom is -0.473 e. The normalized spacial score (nSPS) is 31.1. The van der Waals surface area contributed by atoms with E-state index in [0.29, 0.717) is 18.6 Å². The zero-order valence-electron chi connectivity index (χ0n) is 10.6. The molecule has 2 aliphatic rings. The summed E-state index contributed by atoms with van der Waals surface area (Å²) in [6.07, 6.45) is 6.39. The Morgan fingerprint density at radius 3 is 3.00 bits per heavy atom. The fourth-order valence-electron chi connectivity index (χ4n) is 2.56. The largest absolute Gasteiger partial charge is 0.473 e. The van der Waals surface area contributed by atoms with E-state index < -0.39 is 0 Å². The molecule has 6 heteroatoms. The van der Waals surface area contributed by atoms with Gasteiger partial charge in [-0.3, -0.25) is 4.99 Å². The Labute approximate surface area is 117 Å². The first kappa shape index (κ1) is 12.7. The van der Waals surface area contributed by atoms with Crippen LogP contribution < -0.4 is 10.2 Å². The van der Waals surface area contributed by atoms with Gasteiger partial charge in [-0.2, -0.15) is 5.01 Å². The maximum atomic E-state index is 6.46. The highest BCUT2D eigenvalue weighted by Gasteiger charge is 2.34. The van der Waals surface area contributed by atoms with Crippen LogP contribution in [0.25, 0.3) is 0 Å². The summed E-state index contributed by atoms with van der Waals surface area (Å²) in [5.74, 6) is 0.652. The van der Waals surface area contributed by atoms with Crippen LogP contribution >= 0.6 is 11.6 Å². The highest BCUT2D eigenvalue weighted by atomic mass is 35.5. The van der Waals surface area contributed by atoms with Crippen molar-refractivity contribution in [2.75, 3.05) is 6.67 Å². The number of hydrazine groups is 1. The van der Waals surface area contributed by atoms with Gasteiger partial charge < -0.3 is 10.2 Å². The van der Waals surface area contributed by atoms with Gasteiger partial charge in [-0.25, -0.2) is 4.98 Å². The Morgan fingerprint density at radius 2 is 2.32 bits per heavy atom. The fraction of sp³-hybridized carbons (Fsp3) is 0.538. The molecule has 0 spiro atoms. The molecule has 1 aliphatic heterocycles. The molecular formula is C13H17ClN4O. The van der Waals surface area contributed by atoms with Gasteiger partial charge >= 0.3 is 0 Å². The summed E-state index contributed by atoms with van der Waals surface area (Å²) in [5.41, 5.74) is 3.14. The number of nitrogens with zero attached hydrogens (tertiary/aromatic N) is 3. The van der Waals surface area contributed by atoms with Crippen molar-refractivity contribution in [3.05, 3.63) is 24.4 Å². The van der Waals surface area contributed by atoms with Gasteiger partial charge in [0.2, 0.25) is 5.88 Å². The number of alkyl halides is 1. The van der Waals surface area contributed by atoms with Gasteiger partial charge in [-0.15, -0.1) is 11.6 Å². The third-order valence-electron chi connectivity index (χ3n) is 3.58. The van der Waals surface area contributed by atoms with Crippen LogP contribution in [0.4, 0.5) is 0 Å². The molecular weight excluding hydrogens is 264 g/mol. The lowest BCUT2D eigenvalue weighted by Gasteiger charge is -2.36. The molecule has 102 valence electrons. The fourth-order valence-corrected chi connectivity index (χ4v) is 2.94. The van der Waals surface area contributed by atoms with Crippen LogP contribution in [0.5, 0.6) is 5.88 Å². The van der Waals surface area contributed by atoms with Gasteiger partial charge in [0, 0.05) is 18.3 Å². The SMILES string of the molecule is Cl[C@@H]1C[C@H](N2CN=CN2)CC[C@H]1Oc1ccccn1. The molecule has 0 unspecified atom stereocenters. The first-order valence-electron chi connectivity index (χ1n) is 6.56. The first-order valence-corrected chi connectivity index (χ1v) is 6.99. The Bertz CT molecular complexity index is 434. The molecule has 1 N–H and O–H groups in total. The van der Waals surface area contributed by atoms with Crippen molar-refractivity contribution in [3.63, 3.8) is 0 Å². The molecule has 19 heavy (non-hydrogen) atoms. The summed E-state index contributed by atoms with van der Waals surface area (Å²) < 4.78 is 5.87. The quantitative estimate of drug-likeness (QED) is 0.858. The van der Waals surface area contributed by atoms with Crippen LogP contribution in [0.1, 0.15) is 19.3 Å². The number of rotatable bonds is 3. The lowest BCUT2D eigenvalue weighted by Crippen LogP contribution is -2.48. The molecule has 0 radical (unpaired) electrons. The number of hydrogen-bond acceptors (Lipinski definition) is 5. The predicted molar refractivity (Wildman–Crippen MR) is 74.3 cm³/mol. The molecule has 0 saturated heterocycles. The van der Waals surface area contributed by atoms with Crippen LogP contribution in [0.15, 0.2) is 29.4 Å². The van der Waals surface area contributed by atoms with Gasteiger partial charge in [0.25, 0.3) is 0 Å². The second-order valence-corrected chi connectivity index (χ2v) is 5.42. The summed E-state index contributed by atoms with van der Waals surface area (Å²) in [4.78, 5) is 8.34. The number of ether oxygens (including phenoxy) is 1. The molecule has 3 rings (SSSR count). The van der Waals surface area contributed by atoms with Gasteiger partial charge in [0.05, 0.1) is 11.7 Å². The smallest absolute Gasteiger partial charge is 0.213 e. The molecule has 0 aromatic carbocycles. The minimum atomic E-state index is 0.00292. The van der Waals surface area contributed by atoms with Crippen molar-refractivity contribution in [1.29, 1.82) is 0 Å². The highest BCUT2D eigenvalue weighted by Crippen LogP contribution is 2.29. The van der Waals surface area contributed by atoms with E-state index in [1.807, 2.05) is 18.2 Å². The van der Waals surface area contributed by atoms with Crippen LogP contribution in [-0.4, -0.2) is 40.5 Å². The van der Waals surface area contributed by atoms with E-state index in [4.69, 9.17) is 16.3 Å². The number of pyridine rings is 1. The van der Waals surface area contributed by atoms with Crippen molar-refractivity contribution in [2.24, 2.45) is 4.99 Å². The van der Waals surface area contributed by atoms with E-state index in [0.717, 1.165) is 19.3 Å². The third kappa shape index (κ3) is 2.98. The molecule has 1 aromatic rings. The Morgan fingerprint density at radius 1 is 1.37 bits per heavy atom. The second kappa shape index (κ2) is 5.75. The average Bonchev–Trinajstić information content (AvgIpc) is 2.96. The summed E-state index contributed by atoms with van der Waals surface area (Å²) in [6, 6.07) is 6.09. The van der Waals surface area contributed by atoms with Crippen LogP contribution in [0.2, 0.25) is 0 Å². The zero-order chi connectivity index (χ0) is 13.1. The molecule has 5 nitrogen and oxygen atoms in total. The Hall–Kier alpha value is -1.33. The van der Waals surface area contributed by atoms with E-state index in [-0.39, 0.29) is 11.5 Å². The van der Waals surface area contributed by atoms with Crippen molar-refractivity contribution >= 4 is 17.9 Å². The van der Waals surface area contributed by atoms with Gasteiger partial charge in [-0.05, 0) is 25.3 Å². The van der Waals surface area contributed by atoms with E-state index in [9.17, 15) is 0 Å². The van der Waals surface area contributed by atoms with E-state index in [1.165, 1.54) is 0 Å². The number of hydrogen-bond donors (Lipinski definition) is 1. The van der Waals surface area contributed by atoms with E-state index in [2.05, 4.69) is 20.4 Å². The lowest BCUT2D eigenvalue weighted by molar-refractivity contribution is 0.0828. The average molecular weight is 281 g/mol. The topological polar surface area (TPSA) is 49.8 Å². The first-order chi connectivity index (χ1) is 9.33. The molecule has 1 aromatic heterocycles. The van der Waals surface area contributed by atoms with Gasteiger partial charge in [0.1, 0.15) is 12.8 Å². The Balaban J connectivity index is 1.55. The molecule has 1 saturated carbocycles. The van der Waals surface area contributed by atoms with Crippen LogP contribution in [-0.2, 0) is 0 Å². The minimum absolute atomic E-state index is 0.00292. The van der Waals surface area contributed by atoms with E-state index >= 15 is 0 Å². The van der Waals surface area contributed by atoms with E-state index in [1.54, 1.807) is 12.5 Å². The van der Waals surface area contributed by atoms with Crippen molar-refractivity contribution in [2.45, 2.75) is 36.8 Å². The number of aliphatic imine (C=N–C) groups is 1. The standard InChI is InChI=1S/C13H17ClN4O/c14-11-7-10(18-9-15-8-17-18)4-5-12(11)19-13-3-1-2-6-16-13/h1-3,6,8,10-12H,4-5,7,9H2,(H,15,17)/t10-,11-,12-/m1/s1. The maximum absolute atomic E-state index is 6.46. The molecule has 0 bridgehead atoms. The lowest BCUT2D eigenvalue weighted by atomic mass is 9.92. The molecule has 3 atom stereocenters. The van der Waals surface area contributed by atoms with Crippen molar-refractivity contribution < 1.29 is 4.74 Å². The molecule has 0 amide bonds. The van der Waals surface area contributed by atoms with Crippen molar-refractivity contribution in [3.8, 4) is 5.88 Å². The third-order valence-corrected chi connectivity index (χ3v) is 4.04. The van der Waals surface area contributed by atoms with Gasteiger partial charge in [-0.1, -0.05) is 6.07 Å². The highest BCUT2D eigenvalue weighted by molar-refractivity contribution is 6.21. The summed E-state index contributed by atoms with van der Waals surface area (Å²) in [7, 11) is 0. The number of aromatic nitrogens is 1. The monoisotopic (exact) mass is 280 g/mol. The molecule has 1 fully saturated rings. The maximum Gasteiger partial charge on any atom is 0.213 e. The van der Waals surface area contributed by atoms with Gasteiger partial charge in [0.15, 0.2) is 0 Å².